The summed E-state index contributed by atoms with van der Waals surface area (Å²) in [6.07, 6.45) is 4.69. The fourth-order valence-electron chi connectivity index (χ4n) is 3.73. The predicted octanol–water partition coefficient (Wildman–Crippen LogP) is 1.39. The molecule has 2 aliphatic rings. The molecule has 0 aliphatic heterocycles. The lowest BCUT2D eigenvalue weighted by molar-refractivity contribution is -0.117. The van der Waals surface area contributed by atoms with Gasteiger partial charge >= 0.3 is 0 Å². The van der Waals surface area contributed by atoms with E-state index in [1.54, 1.807) is 6.08 Å². The first-order valence-electron chi connectivity index (χ1n) is 6.12. The van der Waals surface area contributed by atoms with Crippen LogP contribution in [0.4, 0.5) is 0 Å². The van der Waals surface area contributed by atoms with E-state index in [-0.39, 0.29) is 17.3 Å². The molecule has 2 rings (SSSR count). The molecule has 3 N–H and O–H groups in total. The Morgan fingerprint density at radius 1 is 1.65 bits per heavy atom. The molecule has 0 radical (unpaired) electrons. The minimum atomic E-state index is -0.405. The van der Waals surface area contributed by atoms with E-state index in [1.807, 2.05) is 6.92 Å². The van der Waals surface area contributed by atoms with E-state index in [0.717, 1.165) is 6.42 Å². The van der Waals surface area contributed by atoms with Crippen molar-refractivity contribution in [2.24, 2.45) is 21.8 Å². The summed E-state index contributed by atoms with van der Waals surface area (Å²) in [5.41, 5.74) is -0.242. The monoisotopic (exact) mass is 236 g/mol. The molecule has 2 fully saturated rings. The van der Waals surface area contributed by atoms with Gasteiger partial charge in [0, 0.05) is 17.3 Å². The summed E-state index contributed by atoms with van der Waals surface area (Å²) in [5.74, 6) is 5.45. The summed E-state index contributed by atoms with van der Waals surface area (Å²) < 4.78 is 0. The Kier molecular flexibility index (Phi) is 2.86. The molecule has 94 valence electrons. The standard InChI is InChI=1S/C13H20N2O2/c1-3-6-13-8-5-10(17)12(13,2)7-4-9(16)11(13)15-14/h3,10,17H,1,4-8,14H2,2H3. The van der Waals surface area contributed by atoms with Crippen molar-refractivity contribution >= 4 is 11.5 Å². The van der Waals surface area contributed by atoms with Gasteiger partial charge in [0.2, 0.25) is 0 Å². The van der Waals surface area contributed by atoms with Gasteiger partial charge in [-0.2, -0.15) is 5.10 Å². The van der Waals surface area contributed by atoms with Crippen LogP contribution >= 0.6 is 0 Å². The third kappa shape index (κ3) is 1.40. The third-order valence-electron chi connectivity index (χ3n) is 4.88. The highest BCUT2D eigenvalue weighted by Crippen LogP contribution is 2.60. The highest BCUT2D eigenvalue weighted by atomic mass is 16.3. The van der Waals surface area contributed by atoms with E-state index in [2.05, 4.69) is 11.7 Å². The summed E-state index contributed by atoms with van der Waals surface area (Å²) in [6.45, 7) is 5.82. The van der Waals surface area contributed by atoms with Crippen molar-refractivity contribution in [3.05, 3.63) is 12.7 Å². The van der Waals surface area contributed by atoms with Crippen LogP contribution in [0.2, 0.25) is 0 Å². The van der Waals surface area contributed by atoms with Gasteiger partial charge in [0.25, 0.3) is 0 Å². The number of aliphatic hydroxyl groups excluding tert-OH is 1. The molecule has 0 aromatic carbocycles. The Morgan fingerprint density at radius 2 is 2.35 bits per heavy atom. The van der Waals surface area contributed by atoms with Crippen LogP contribution in [-0.2, 0) is 4.79 Å². The van der Waals surface area contributed by atoms with E-state index in [1.165, 1.54) is 0 Å². The number of nitrogens with zero attached hydrogens (tertiary/aromatic N) is 1. The molecule has 0 aromatic rings. The van der Waals surface area contributed by atoms with Gasteiger partial charge < -0.3 is 10.9 Å². The molecule has 0 amide bonds. The normalized spacial score (nSPS) is 43.8. The number of rotatable bonds is 2. The zero-order chi connectivity index (χ0) is 12.7. The van der Waals surface area contributed by atoms with Crippen molar-refractivity contribution in [2.45, 2.75) is 45.1 Å². The minimum absolute atomic E-state index is 0.0286. The molecule has 2 saturated carbocycles. The van der Waals surface area contributed by atoms with Crippen LogP contribution in [0, 0.1) is 10.8 Å². The van der Waals surface area contributed by atoms with Crippen molar-refractivity contribution < 1.29 is 9.90 Å². The number of carbonyl (C=O) groups is 1. The van der Waals surface area contributed by atoms with Crippen molar-refractivity contribution in [1.82, 2.24) is 0 Å². The molecule has 2 aliphatic carbocycles. The first-order chi connectivity index (χ1) is 8.02. The number of fused-ring (bicyclic) bond motifs is 1. The van der Waals surface area contributed by atoms with E-state index in [9.17, 15) is 9.90 Å². The summed E-state index contributed by atoms with van der Waals surface area (Å²) in [5, 5.41) is 14.0. The molecule has 0 bridgehead atoms. The van der Waals surface area contributed by atoms with Gasteiger partial charge in [-0.25, -0.2) is 0 Å². The Bertz CT molecular complexity index is 391. The largest absolute Gasteiger partial charge is 0.393 e. The fourth-order valence-corrected chi connectivity index (χ4v) is 3.73. The van der Waals surface area contributed by atoms with Crippen LogP contribution in [0.15, 0.2) is 17.8 Å². The van der Waals surface area contributed by atoms with Gasteiger partial charge in [-0.15, -0.1) is 6.58 Å². The smallest absolute Gasteiger partial charge is 0.179 e. The second-order valence-electron chi connectivity index (χ2n) is 5.45. The van der Waals surface area contributed by atoms with Crippen molar-refractivity contribution in [2.75, 3.05) is 0 Å². The summed E-state index contributed by atoms with van der Waals surface area (Å²) in [7, 11) is 0. The second kappa shape index (κ2) is 3.95. The topological polar surface area (TPSA) is 75.7 Å². The lowest BCUT2D eigenvalue weighted by Crippen LogP contribution is -2.53. The van der Waals surface area contributed by atoms with Crippen LogP contribution in [0.25, 0.3) is 0 Å². The van der Waals surface area contributed by atoms with Crippen LogP contribution in [0.5, 0.6) is 0 Å². The zero-order valence-corrected chi connectivity index (χ0v) is 10.3. The van der Waals surface area contributed by atoms with Crippen LogP contribution in [-0.4, -0.2) is 22.7 Å². The fraction of sp³-hybridized carbons (Fsp3) is 0.692. The maximum absolute atomic E-state index is 12.0. The number of hydrazone groups is 1. The van der Waals surface area contributed by atoms with E-state index in [0.29, 0.717) is 31.4 Å². The van der Waals surface area contributed by atoms with Crippen molar-refractivity contribution in [3.63, 3.8) is 0 Å². The van der Waals surface area contributed by atoms with Gasteiger partial charge in [0.15, 0.2) is 5.78 Å². The molecule has 0 aromatic heterocycles. The molecule has 0 heterocycles. The quantitative estimate of drug-likeness (QED) is 0.432. The molecule has 0 saturated heterocycles. The predicted molar refractivity (Wildman–Crippen MR) is 66.5 cm³/mol. The van der Waals surface area contributed by atoms with Gasteiger partial charge in [0.05, 0.1) is 6.10 Å². The maximum Gasteiger partial charge on any atom is 0.179 e. The van der Waals surface area contributed by atoms with Crippen molar-refractivity contribution in [1.29, 1.82) is 0 Å². The van der Waals surface area contributed by atoms with Gasteiger partial charge in [-0.3, -0.25) is 4.79 Å². The Morgan fingerprint density at radius 3 is 2.94 bits per heavy atom. The second-order valence-corrected chi connectivity index (χ2v) is 5.45. The number of carbonyl (C=O) groups excluding carboxylic acids is 1. The summed E-state index contributed by atoms with van der Waals surface area (Å²) in [4.78, 5) is 12.0. The highest BCUT2D eigenvalue weighted by molar-refractivity contribution is 6.42. The van der Waals surface area contributed by atoms with Gasteiger partial charge in [0.1, 0.15) is 5.71 Å². The number of nitrogens with two attached hydrogens (primary N) is 1. The lowest BCUT2D eigenvalue weighted by atomic mass is 9.55. The maximum atomic E-state index is 12.0. The number of ketones is 1. The number of allylic oxidation sites excluding steroid dienone is 1. The molecule has 17 heavy (non-hydrogen) atoms. The number of Topliss-reactive ketones (excluding diaryl/α,β-unsaturated/α-hetero) is 1. The average molecular weight is 236 g/mol. The van der Waals surface area contributed by atoms with E-state index >= 15 is 0 Å². The van der Waals surface area contributed by atoms with E-state index in [4.69, 9.17) is 5.84 Å². The third-order valence-corrected chi connectivity index (χ3v) is 4.88. The van der Waals surface area contributed by atoms with E-state index < -0.39 is 5.41 Å². The lowest BCUT2D eigenvalue weighted by Gasteiger charge is -2.48. The molecule has 3 unspecified atom stereocenters. The Hall–Kier alpha value is -1.16. The zero-order valence-electron chi connectivity index (χ0n) is 10.3. The summed E-state index contributed by atoms with van der Waals surface area (Å²) >= 11 is 0. The van der Waals surface area contributed by atoms with Crippen LogP contribution < -0.4 is 5.84 Å². The molecular formula is C13H20N2O2. The Labute approximate surface area is 102 Å². The SMILES string of the molecule is C=CCC12CCC(O)C1(C)CCC(=O)C2=NN. The van der Waals surface area contributed by atoms with Crippen molar-refractivity contribution in [3.8, 4) is 0 Å². The van der Waals surface area contributed by atoms with Gasteiger partial charge in [-0.05, 0) is 25.7 Å². The molecule has 3 atom stereocenters. The van der Waals surface area contributed by atoms with Gasteiger partial charge in [-0.1, -0.05) is 13.0 Å². The van der Waals surface area contributed by atoms with Crippen LogP contribution in [0.3, 0.4) is 0 Å². The first-order valence-corrected chi connectivity index (χ1v) is 6.12. The first kappa shape index (κ1) is 12.3. The minimum Gasteiger partial charge on any atom is -0.393 e. The Balaban J connectivity index is 2.55. The molecule has 4 heteroatoms. The highest BCUT2D eigenvalue weighted by Gasteiger charge is 2.62. The number of aliphatic hydroxyl groups is 1. The molecule has 4 nitrogen and oxygen atoms in total. The molecular weight excluding hydrogens is 216 g/mol. The average Bonchev–Trinajstić information content (AvgIpc) is 2.55. The number of hydrogen-bond acceptors (Lipinski definition) is 4. The van der Waals surface area contributed by atoms with Crippen LogP contribution in [0.1, 0.15) is 39.0 Å². The summed E-state index contributed by atoms with van der Waals surface area (Å²) in [6, 6.07) is 0. The number of hydrogen-bond donors (Lipinski definition) is 2. The molecule has 0 spiro atoms.